The fourth-order valence-corrected chi connectivity index (χ4v) is 5.99. The number of nitrogens with zero attached hydrogens (tertiary/aromatic N) is 2. The number of aromatic carboxylic acids is 1. The summed E-state index contributed by atoms with van der Waals surface area (Å²) >= 11 is 0. The van der Waals surface area contributed by atoms with Crippen molar-refractivity contribution in [2.45, 2.75) is 38.6 Å². The van der Waals surface area contributed by atoms with Gasteiger partial charge in [0.25, 0.3) is 10.0 Å². The molecule has 184 valence electrons. The Morgan fingerprint density at radius 3 is 2.40 bits per heavy atom. The van der Waals surface area contributed by atoms with Crippen molar-refractivity contribution in [1.29, 1.82) is 0 Å². The highest BCUT2D eigenvalue weighted by Crippen LogP contribution is 2.33. The second kappa shape index (κ2) is 9.62. The number of carboxylic acid groups (broad SMARTS) is 1. The second-order valence-electron chi connectivity index (χ2n) is 9.24. The van der Waals surface area contributed by atoms with E-state index in [0.29, 0.717) is 24.3 Å². The Balaban J connectivity index is 1.66. The number of piperazine rings is 1. The largest absolute Gasteiger partial charge is 0.478 e. The van der Waals surface area contributed by atoms with Gasteiger partial charge in [0.2, 0.25) is 0 Å². The van der Waals surface area contributed by atoms with Crippen molar-refractivity contribution in [3.63, 3.8) is 0 Å². The zero-order chi connectivity index (χ0) is 25.3. The Labute approximate surface area is 207 Å². The van der Waals surface area contributed by atoms with E-state index in [-0.39, 0.29) is 22.2 Å². The van der Waals surface area contributed by atoms with Gasteiger partial charge in [-0.15, -0.1) is 0 Å². The molecule has 7 nitrogen and oxygen atoms in total. The molecular weight excluding hydrogens is 462 g/mol. The van der Waals surface area contributed by atoms with E-state index in [0.717, 1.165) is 17.8 Å². The third kappa shape index (κ3) is 5.27. The van der Waals surface area contributed by atoms with Crippen molar-refractivity contribution >= 4 is 33.1 Å². The molecular formula is C27H31N3O4S. The quantitative estimate of drug-likeness (QED) is 0.511. The normalized spacial score (nSPS) is 16.3. The van der Waals surface area contributed by atoms with Crippen LogP contribution in [-0.2, 0) is 10.0 Å². The van der Waals surface area contributed by atoms with Gasteiger partial charge in [-0.3, -0.25) is 4.72 Å². The number of sulfonamides is 1. The summed E-state index contributed by atoms with van der Waals surface area (Å²) in [6.07, 6.45) is 0. The standard InChI is InChI=1S/C27H31N3O4S/c1-18-6-5-7-23(14-18)30-13-12-29(17-21(30)4)25-11-10-22(27(31)32)16-24(25)28-35(33,34)26-15-19(2)8-9-20(26)3/h5-11,14-16,21,28H,12-13,17H2,1-4H3,(H,31,32)/t21-/m1/s1. The molecule has 35 heavy (non-hydrogen) atoms. The molecule has 8 heteroatoms. The molecule has 0 amide bonds. The van der Waals surface area contributed by atoms with Gasteiger partial charge in [0.1, 0.15) is 0 Å². The highest BCUT2D eigenvalue weighted by Gasteiger charge is 2.27. The number of aryl methyl sites for hydroxylation is 3. The van der Waals surface area contributed by atoms with Crippen molar-refractivity contribution in [2.24, 2.45) is 0 Å². The van der Waals surface area contributed by atoms with Gasteiger partial charge >= 0.3 is 5.97 Å². The van der Waals surface area contributed by atoms with Crippen molar-refractivity contribution < 1.29 is 18.3 Å². The monoisotopic (exact) mass is 493 g/mol. The number of hydrogen-bond donors (Lipinski definition) is 2. The van der Waals surface area contributed by atoms with E-state index in [1.54, 1.807) is 25.1 Å². The van der Waals surface area contributed by atoms with Crippen LogP contribution in [0.1, 0.15) is 34.0 Å². The minimum atomic E-state index is -3.92. The molecule has 0 unspecified atom stereocenters. The second-order valence-corrected chi connectivity index (χ2v) is 10.9. The Kier molecular flexibility index (Phi) is 6.76. The molecule has 1 aliphatic rings. The van der Waals surface area contributed by atoms with Crippen molar-refractivity contribution in [1.82, 2.24) is 0 Å². The SMILES string of the molecule is Cc1cccc(N2CCN(c3ccc(C(=O)O)cc3NS(=O)(=O)c3cc(C)ccc3C)C[C@H]2C)c1. The molecule has 0 aliphatic carbocycles. The van der Waals surface area contributed by atoms with E-state index in [4.69, 9.17) is 0 Å². The summed E-state index contributed by atoms with van der Waals surface area (Å²) in [5.74, 6) is -1.11. The lowest BCUT2D eigenvalue weighted by Gasteiger charge is -2.43. The molecule has 0 spiro atoms. The average molecular weight is 494 g/mol. The summed E-state index contributed by atoms with van der Waals surface area (Å²) in [6.45, 7) is 9.89. The van der Waals surface area contributed by atoms with Crippen molar-refractivity contribution in [3.8, 4) is 0 Å². The van der Waals surface area contributed by atoms with Crippen LogP contribution in [0.4, 0.5) is 17.1 Å². The first kappa shape index (κ1) is 24.6. The summed E-state index contributed by atoms with van der Waals surface area (Å²) in [5.41, 5.74) is 4.77. The van der Waals surface area contributed by atoms with Crippen LogP contribution < -0.4 is 14.5 Å². The Morgan fingerprint density at radius 1 is 0.971 bits per heavy atom. The molecule has 4 rings (SSSR count). The van der Waals surface area contributed by atoms with E-state index in [1.807, 2.05) is 13.0 Å². The van der Waals surface area contributed by atoms with Crippen molar-refractivity contribution in [3.05, 3.63) is 82.9 Å². The predicted octanol–water partition coefficient (Wildman–Crippen LogP) is 4.83. The number of anilines is 3. The fourth-order valence-electron chi connectivity index (χ4n) is 4.59. The van der Waals surface area contributed by atoms with Crippen LogP contribution in [0, 0.1) is 20.8 Å². The van der Waals surface area contributed by atoms with Gasteiger partial charge in [0.05, 0.1) is 21.8 Å². The van der Waals surface area contributed by atoms with Crippen LogP contribution >= 0.6 is 0 Å². The molecule has 1 heterocycles. The number of hydrogen-bond acceptors (Lipinski definition) is 5. The molecule has 0 aromatic heterocycles. The van der Waals surface area contributed by atoms with Crippen LogP contribution in [0.25, 0.3) is 0 Å². The van der Waals surface area contributed by atoms with Crippen LogP contribution in [0.3, 0.4) is 0 Å². The smallest absolute Gasteiger partial charge is 0.335 e. The third-order valence-electron chi connectivity index (χ3n) is 6.42. The number of rotatable bonds is 6. The number of benzene rings is 3. The molecule has 1 atom stereocenters. The van der Waals surface area contributed by atoms with Crippen LogP contribution in [0.15, 0.2) is 65.6 Å². The molecule has 0 saturated carbocycles. The molecule has 1 fully saturated rings. The molecule has 1 aliphatic heterocycles. The molecule has 0 bridgehead atoms. The number of nitrogens with one attached hydrogen (secondary N) is 1. The van der Waals surface area contributed by atoms with Gasteiger partial charge in [-0.05, 0) is 80.8 Å². The van der Waals surface area contributed by atoms with Crippen LogP contribution in [-0.4, -0.2) is 45.2 Å². The third-order valence-corrected chi connectivity index (χ3v) is 7.93. The van der Waals surface area contributed by atoms with Crippen LogP contribution in [0.2, 0.25) is 0 Å². The molecule has 0 radical (unpaired) electrons. The van der Waals surface area contributed by atoms with Gasteiger partial charge < -0.3 is 14.9 Å². The van der Waals surface area contributed by atoms with Gasteiger partial charge in [-0.1, -0.05) is 24.3 Å². The fraction of sp³-hybridized carbons (Fsp3) is 0.296. The highest BCUT2D eigenvalue weighted by atomic mass is 32.2. The van der Waals surface area contributed by atoms with Gasteiger partial charge in [0.15, 0.2) is 0 Å². The maximum absolute atomic E-state index is 13.3. The van der Waals surface area contributed by atoms with E-state index >= 15 is 0 Å². The summed E-state index contributed by atoms with van der Waals surface area (Å²) in [7, 11) is -3.92. The van der Waals surface area contributed by atoms with E-state index < -0.39 is 16.0 Å². The first-order valence-corrected chi connectivity index (χ1v) is 13.1. The summed E-state index contributed by atoms with van der Waals surface area (Å²) in [4.78, 5) is 16.3. The first-order valence-electron chi connectivity index (χ1n) is 11.6. The summed E-state index contributed by atoms with van der Waals surface area (Å²) in [6, 6.07) is 18.4. The van der Waals surface area contributed by atoms with Gasteiger partial charge in [-0.25, -0.2) is 13.2 Å². The zero-order valence-electron chi connectivity index (χ0n) is 20.4. The number of carboxylic acids is 1. The highest BCUT2D eigenvalue weighted by molar-refractivity contribution is 7.92. The molecule has 3 aromatic carbocycles. The van der Waals surface area contributed by atoms with Gasteiger partial charge in [-0.2, -0.15) is 0 Å². The molecule has 2 N–H and O–H groups in total. The minimum Gasteiger partial charge on any atom is -0.478 e. The maximum Gasteiger partial charge on any atom is 0.335 e. The first-order chi connectivity index (χ1) is 16.5. The molecule has 3 aromatic rings. The minimum absolute atomic E-state index is 0.0267. The lowest BCUT2D eigenvalue weighted by atomic mass is 10.1. The van der Waals surface area contributed by atoms with Crippen LogP contribution in [0.5, 0.6) is 0 Å². The number of carbonyl (C=O) groups is 1. The predicted molar refractivity (Wildman–Crippen MR) is 140 cm³/mol. The Morgan fingerprint density at radius 2 is 1.71 bits per heavy atom. The van der Waals surface area contributed by atoms with Crippen molar-refractivity contribution in [2.75, 3.05) is 34.2 Å². The Bertz CT molecular complexity index is 1370. The Hall–Kier alpha value is -3.52. The lowest BCUT2D eigenvalue weighted by Crippen LogP contribution is -2.52. The summed E-state index contributed by atoms with van der Waals surface area (Å²) < 4.78 is 29.4. The topological polar surface area (TPSA) is 89.9 Å². The lowest BCUT2D eigenvalue weighted by molar-refractivity contribution is 0.0697. The average Bonchev–Trinajstić information content (AvgIpc) is 2.80. The van der Waals surface area contributed by atoms with E-state index in [1.165, 1.54) is 17.7 Å². The van der Waals surface area contributed by atoms with E-state index in [2.05, 4.69) is 52.6 Å². The van der Waals surface area contributed by atoms with Gasteiger partial charge in [0, 0.05) is 31.4 Å². The maximum atomic E-state index is 13.3. The summed E-state index contributed by atoms with van der Waals surface area (Å²) in [5, 5.41) is 9.53. The van der Waals surface area contributed by atoms with E-state index in [9.17, 15) is 18.3 Å². The molecule has 1 saturated heterocycles. The zero-order valence-corrected chi connectivity index (χ0v) is 21.3.